The number of aliphatic imine (C=N–C) groups is 1. The highest BCUT2D eigenvalue weighted by Gasteiger charge is 2.15. The molecule has 0 saturated carbocycles. The smallest absolute Gasteiger partial charge is 0.260 e. The predicted octanol–water partition coefficient (Wildman–Crippen LogP) is 2.67. The van der Waals surface area contributed by atoms with Gasteiger partial charge in [-0.1, -0.05) is 6.07 Å². The van der Waals surface area contributed by atoms with Crippen molar-refractivity contribution in [3.8, 4) is 11.5 Å². The summed E-state index contributed by atoms with van der Waals surface area (Å²) in [6.45, 7) is 0. The zero-order valence-corrected chi connectivity index (χ0v) is 13.3. The summed E-state index contributed by atoms with van der Waals surface area (Å²) in [5.41, 5.74) is 5.38. The van der Waals surface area contributed by atoms with Crippen LogP contribution in [-0.4, -0.2) is 27.2 Å². The van der Waals surface area contributed by atoms with Crippen LogP contribution in [-0.2, 0) is 0 Å². The number of pyridine rings is 3. The molecular formula is C17H13FN6O2. The first kappa shape index (κ1) is 17.0. The van der Waals surface area contributed by atoms with Gasteiger partial charge >= 0.3 is 0 Å². The summed E-state index contributed by atoms with van der Waals surface area (Å²) in [7, 11) is 0. The molecule has 3 heterocycles. The fourth-order valence-electron chi connectivity index (χ4n) is 2.04. The molecule has 0 saturated heterocycles. The van der Waals surface area contributed by atoms with Gasteiger partial charge in [-0.05, 0) is 30.3 Å². The van der Waals surface area contributed by atoms with Crippen LogP contribution in [0.4, 0.5) is 16.0 Å². The summed E-state index contributed by atoms with van der Waals surface area (Å²) in [4.78, 5) is 28.0. The summed E-state index contributed by atoms with van der Waals surface area (Å²) < 4.78 is 18.8. The maximum Gasteiger partial charge on any atom is 0.260 e. The number of aromatic nitrogens is 3. The van der Waals surface area contributed by atoms with Gasteiger partial charge < -0.3 is 15.8 Å². The molecule has 130 valence electrons. The standard InChI is InChI=1S/C17H13FN6O2/c18-14-4-1-5-15(23-14)24-17(25)13-7-12(9-21-16(13)22-10-19)26-11-3-2-6-20-8-11/h1-10H,(H2,19,21,22)(H,23,24,25). The van der Waals surface area contributed by atoms with Gasteiger partial charge in [-0.15, -0.1) is 0 Å². The Kier molecular flexibility index (Phi) is 5.08. The number of carbonyl (C=O) groups is 1. The van der Waals surface area contributed by atoms with E-state index in [1.165, 1.54) is 36.7 Å². The maximum absolute atomic E-state index is 13.2. The van der Waals surface area contributed by atoms with E-state index >= 15 is 0 Å². The Labute approximate surface area is 147 Å². The fraction of sp³-hybridized carbons (Fsp3) is 0. The molecule has 3 aromatic heterocycles. The average molecular weight is 352 g/mol. The van der Waals surface area contributed by atoms with Crippen LogP contribution in [0.25, 0.3) is 0 Å². The van der Waals surface area contributed by atoms with Crippen molar-refractivity contribution in [2.75, 3.05) is 5.32 Å². The molecule has 1 amide bonds. The minimum absolute atomic E-state index is 0.0521. The summed E-state index contributed by atoms with van der Waals surface area (Å²) in [5.74, 6) is -0.396. The molecule has 9 heteroatoms. The normalized spacial score (nSPS) is 10.7. The highest BCUT2D eigenvalue weighted by atomic mass is 19.1. The van der Waals surface area contributed by atoms with Crippen LogP contribution < -0.4 is 15.8 Å². The molecule has 0 spiro atoms. The maximum atomic E-state index is 13.2. The average Bonchev–Trinajstić information content (AvgIpc) is 2.64. The molecule has 0 aromatic carbocycles. The van der Waals surface area contributed by atoms with Gasteiger partial charge in [-0.3, -0.25) is 9.78 Å². The third-order valence-electron chi connectivity index (χ3n) is 3.11. The molecule has 8 nitrogen and oxygen atoms in total. The number of anilines is 1. The number of hydrogen-bond donors (Lipinski definition) is 2. The topological polar surface area (TPSA) is 115 Å². The van der Waals surface area contributed by atoms with E-state index in [-0.39, 0.29) is 17.2 Å². The van der Waals surface area contributed by atoms with E-state index in [9.17, 15) is 9.18 Å². The Morgan fingerprint density at radius 2 is 2.12 bits per heavy atom. The molecule has 3 aromatic rings. The van der Waals surface area contributed by atoms with Crippen LogP contribution in [0, 0.1) is 5.95 Å². The molecule has 3 N–H and O–H groups in total. The predicted molar refractivity (Wildman–Crippen MR) is 93.0 cm³/mol. The first-order valence-electron chi connectivity index (χ1n) is 7.42. The zero-order valence-electron chi connectivity index (χ0n) is 13.3. The number of carbonyl (C=O) groups excluding carboxylic acids is 1. The number of rotatable bonds is 5. The van der Waals surface area contributed by atoms with E-state index in [0.29, 0.717) is 11.5 Å². The van der Waals surface area contributed by atoms with Gasteiger partial charge in [0.1, 0.15) is 17.3 Å². The molecule has 0 fully saturated rings. The lowest BCUT2D eigenvalue weighted by atomic mass is 10.2. The third kappa shape index (κ3) is 4.15. The second kappa shape index (κ2) is 7.79. The number of nitrogens with two attached hydrogens (primary N) is 1. The van der Waals surface area contributed by atoms with Gasteiger partial charge in [0.25, 0.3) is 5.91 Å². The molecule has 3 rings (SSSR count). The van der Waals surface area contributed by atoms with Crippen molar-refractivity contribution in [1.29, 1.82) is 0 Å². The second-order valence-corrected chi connectivity index (χ2v) is 4.91. The molecule has 26 heavy (non-hydrogen) atoms. The van der Waals surface area contributed by atoms with Crippen molar-refractivity contribution in [1.82, 2.24) is 15.0 Å². The van der Waals surface area contributed by atoms with E-state index in [1.54, 1.807) is 18.3 Å². The number of halogens is 1. The van der Waals surface area contributed by atoms with E-state index in [2.05, 4.69) is 25.3 Å². The molecule has 0 unspecified atom stereocenters. The van der Waals surface area contributed by atoms with Crippen LogP contribution in [0.5, 0.6) is 11.5 Å². The van der Waals surface area contributed by atoms with Crippen molar-refractivity contribution < 1.29 is 13.9 Å². The lowest BCUT2D eigenvalue weighted by molar-refractivity contribution is 0.102. The Morgan fingerprint density at radius 1 is 1.23 bits per heavy atom. The second-order valence-electron chi connectivity index (χ2n) is 4.91. The first-order valence-corrected chi connectivity index (χ1v) is 7.42. The Hall–Kier alpha value is -3.88. The largest absolute Gasteiger partial charge is 0.454 e. The van der Waals surface area contributed by atoms with Crippen LogP contribution in [0.15, 0.2) is 60.0 Å². The number of hydrogen-bond acceptors (Lipinski definition) is 6. The fourth-order valence-corrected chi connectivity index (χ4v) is 2.04. The molecule has 0 aliphatic rings. The van der Waals surface area contributed by atoms with Gasteiger partial charge in [0.2, 0.25) is 5.95 Å². The quantitative estimate of drug-likeness (QED) is 0.414. The summed E-state index contributed by atoms with van der Waals surface area (Å²) in [5, 5.41) is 2.48. The van der Waals surface area contributed by atoms with Crippen LogP contribution in [0.1, 0.15) is 10.4 Å². The molecule has 0 atom stereocenters. The Morgan fingerprint density at radius 3 is 2.85 bits per heavy atom. The van der Waals surface area contributed by atoms with Crippen LogP contribution >= 0.6 is 0 Å². The highest BCUT2D eigenvalue weighted by Crippen LogP contribution is 2.26. The van der Waals surface area contributed by atoms with Gasteiger partial charge in [0.05, 0.1) is 24.3 Å². The zero-order chi connectivity index (χ0) is 18.4. The Bertz CT molecular complexity index is 949. The highest BCUT2D eigenvalue weighted by molar-refractivity contribution is 6.07. The first-order chi connectivity index (χ1) is 12.7. The van der Waals surface area contributed by atoms with E-state index in [1.807, 2.05) is 0 Å². The summed E-state index contributed by atoms with van der Waals surface area (Å²) in [6.07, 6.45) is 5.53. The van der Waals surface area contributed by atoms with E-state index in [0.717, 1.165) is 6.34 Å². The van der Waals surface area contributed by atoms with Crippen LogP contribution in [0.2, 0.25) is 0 Å². The summed E-state index contributed by atoms with van der Waals surface area (Å²) >= 11 is 0. The van der Waals surface area contributed by atoms with Gasteiger partial charge in [0, 0.05) is 6.20 Å². The van der Waals surface area contributed by atoms with E-state index < -0.39 is 11.9 Å². The van der Waals surface area contributed by atoms with Gasteiger partial charge in [-0.25, -0.2) is 15.0 Å². The molecule has 0 radical (unpaired) electrons. The summed E-state index contributed by atoms with van der Waals surface area (Å²) in [6, 6.07) is 8.91. The van der Waals surface area contributed by atoms with Crippen molar-refractivity contribution in [3.63, 3.8) is 0 Å². The van der Waals surface area contributed by atoms with E-state index in [4.69, 9.17) is 10.5 Å². The molecular weight excluding hydrogens is 339 g/mol. The van der Waals surface area contributed by atoms with Crippen molar-refractivity contribution in [2.24, 2.45) is 10.7 Å². The van der Waals surface area contributed by atoms with Crippen molar-refractivity contribution in [2.45, 2.75) is 0 Å². The third-order valence-corrected chi connectivity index (χ3v) is 3.11. The number of nitrogens with one attached hydrogen (secondary N) is 1. The van der Waals surface area contributed by atoms with Gasteiger partial charge in [-0.2, -0.15) is 4.39 Å². The minimum atomic E-state index is -0.713. The minimum Gasteiger partial charge on any atom is -0.454 e. The molecule has 0 bridgehead atoms. The van der Waals surface area contributed by atoms with Crippen molar-refractivity contribution in [3.05, 3.63) is 66.5 Å². The molecule has 0 aliphatic heterocycles. The van der Waals surface area contributed by atoms with Gasteiger partial charge in [0.15, 0.2) is 5.82 Å². The lowest BCUT2D eigenvalue weighted by Crippen LogP contribution is -2.14. The monoisotopic (exact) mass is 352 g/mol. The SMILES string of the molecule is N/C=N\c1ncc(Oc2cccnc2)cc1C(=O)Nc1cccc(F)n1. The van der Waals surface area contributed by atoms with Crippen LogP contribution in [0.3, 0.4) is 0 Å². The molecule has 0 aliphatic carbocycles. The number of nitrogens with zero attached hydrogens (tertiary/aromatic N) is 4. The lowest BCUT2D eigenvalue weighted by Gasteiger charge is -2.09. The Balaban J connectivity index is 1.89. The van der Waals surface area contributed by atoms with Crippen molar-refractivity contribution >= 4 is 23.9 Å². The number of amides is 1. The number of ether oxygens (including phenoxy) is 1.